The molecule has 180 valence electrons. The summed E-state index contributed by atoms with van der Waals surface area (Å²) in [6, 6.07) is 13.3. The number of aliphatic imine (C=N–C) groups is 1. The average molecular weight is 466 g/mol. The summed E-state index contributed by atoms with van der Waals surface area (Å²) in [7, 11) is 2.82. The van der Waals surface area contributed by atoms with Crippen molar-refractivity contribution in [2.24, 2.45) is 4.99 Å². The Morgan fingerprint density at radius 3 is 2.44 bits per heavy atom. The molecule has 0 aromatic heterocycles. The number of phenols is 2. The van der Waals surface area contributed by atoms with E-state index in [1.807, 2.05) is 30.3 Å². The minimum absolute atomic E-state index is 0.0847. The fraction of sp³-hybridized carbons (Fsp3) is 0.346. The Morgan fingerprint density at radius 2 is 1.76 bits per heavy atom. The summed E-state index contributed by atoms with van der Waals surface area (Å²) in [6.07, 6.45) is 3.59. The molecule has 1 amide bonds. The van der Waals surface area contributed by atoms with E-state index in [9.17, 15) is 19.8 Å². The Bertz CT molecular complexity index is 1080. The van der Waals surface area contributed by atoms with Crippen LogP contribution in [0.25, 0.3) is 0 Å². The summed E-state index contributed by atoms with van der Waals surface area (Å²) < 4.78 is 4.88. The number of ether oxygens (including phenoxy) is 1. The van der Waals surface area contributed by atoms with Gasteiger partial charge in [0.1, 0.15) is 11.8 Å². The number of esters is 1. The van der Waals surface area contributed by atoms with E-state index in [1.54, 1.807) is 13.1 Å². The highest BCUT2D eigenvalue weighted by Gasteiger charge is 2.28. The van der Waals surface area contributed by atoms with Crippen molar-refractivity contribution in [3.05, 3.63) is 70.9 Å². The lowest BCUT2D eigenvalue weighted by molar-refractivity contribution is -0.144. The first-order chi connectivity index (χ1) is 16.4. The third-order valence-corrected chi connectivity index (χ3v) is 5.81. The highest BCUT2D eigenvalue weighted by atomic mass is 16.5. The van der Waals surface area contributed by atoms with Gasteiger partial charge in [-0.3, -0.25) is 9.79 Å². The van der Waals surface area contributed by atoms with Crippen LogP contribution in [0.5, 0.6) is 11.5 Å². The lowest BCUT2D eigenvalue weighted by Gasteiger charge is -2.24. The molecule has 2 aromatic carbocycles. The molecular weight excluding hydrogens is 434 g/mol. The van der Waals surface area contributed by atoms with Crippen molar-refractivity contribution in [2.75, 3.05) is 14.2 Å². The Hall–Kier alpha value is -3.81. The van der Waals surface area contributed by atoms with Crippen LogP contribution < -0.4 is 10.6 Å². The minimum atomic E-state index is -0.983. The van der Waals surface area contributed by atoms with Gasteiger partial charge in [-0.15, -0.1) is 0 Å². The van der Waals surface area contributed by atoms with E-state index >= 15 is 0 Å². The van der Waals surface area contributed by atoms with Gasteiger partial charge in [0.05, 0.1) is 7.11 Å². The Morgan fingerprint density at radius 1 is 1.03 bits per heavy atom. The van der Waals surface area contributed by atoms with E-state index in [0.29, 0.717) is 18.5 Å². The molecule has 3 rings (SSSR count). The molecular formula is C26H31N3O5. The number of hydrogen-bond donors (Lipinski definition) is 4. The number of hydrogen-bond acceptors (Lipinski definition) is 7. The molecule has 0 aliphatic heterocycles. The zero-order chi connectivity index (χ0) is 24.5. The second kappa shape index (κ2) is 11.9. The van der Waals surface area contributed by atoms with E-state index in [1.165, 1.54) is 19.2 Å². The van der Waals surface area contributed by atoms with Gasteiger partial charge in [0.25, 0.3) is 5.91 Å². The lowest BCUT2D eigenvalue weighted by Crippen LogP contribution is -2.46. The Labute approximate surface area is 199 Å². The molecule has 8 nitrogen and oxygen atoms in total. The van der Waals surface area contributed by atoms with Crippen molar-refractivity contribution in [3.63, 3.8) is 0 Å². The third-order valence-electron chi connectivity index (χ3n) is 5.81. The van der Waals surface area contributed by atoms with Crippen LogP contribution in [0.15, 0.2) is 64.8 Å². The van der Waals surface area contributed by atoms with Crippen molar-refractivity contribution >= 4 is 17.6 Å². The van der Waals surface area contributed by atoms with Gasteiger partial charge in [0.2, 0.25) is 0 Å². The second-order valence-electron chi connectivity index (χ2n) is 8.15. The molecule has 0 radical (unpaired) electrons. The summed E-state index contributed by atoms with van der Waals surface area (Å²) in [5, 5.41) is 25.5. The molecule has 1 unspecified atom stereocenters. The molecule has 34 heavy (non-hydrogen) atoms. The monoisotopic (exact) mass is 465 g/mol. The van der Waals surface area contributed by atoms with Crippen molar-refractivity contribution < 1.29 is 24.5 Å². The number of methoxy groups -OCH3 is 1. The summed E-state index contributed by atoms with van der Waals surface area (Å²) in [6.45, 7) is 0.646. The van der Waals surface area contributed by atoms with Crippen LogP contribution >= 0.6 is 0 Å². The summed E-state index contributed by atoms with van der Waals surface area (Å²) in [5.41, 5.74) is 3.83. The van der Waals surface area contributed by atoms with Gasteiger partial charge in [0, 0.05) is 31.3 Å². The molecule has 0 fully saturated rings. The SMILES string of the molecule is C/N=C(/C(=O)NC(Cc1ccc(O)c(O)c1)C(=O)OC)C1=C(NCc2ccccc2)CCCC1. The number of nitrogens with zero attached hydrogens (tertiary/aromatic N) is 1. The van der Waals surface area contributed by atoms with Crippen LogP contribution in [0.3, 0.4) is 0 Å². The van der Waals surface area contributed by atoms with Crippen molar-refractivity contribution in [1.29, 1.82) is 0 Å². The largest absolute Gasteiger partial charge is 0.504 e. The lowest BCUT2D eigenvalue weighted by atomic mass is 9.92. The number of phenolic OH excluding ortho intramolecular Hbond substituents is 2. The standard InChI is InChI=1S/C26H31N3O5/c1-27-24(19-10-6-7-11-20(19)28-16-17-8-4-3-5-9-17)25(32)29-21(26(33)34-2)14-18-12-13-22(30)23(31)15-18/h3-5,8-9,12-13,15,21,28,30-31H,6-7,10-11,14,16H2,1-2H3,(H,29,32)/b27-24+. The van der Waals surface area contributed by atoms with Gasteiger partial charge in [-0.05, 0) is 48.9 Å². The van der Waals surface area contributed by atoms with E-state index in [4.69, 9.17) is 4.74 Å². The fourth-order valence-electron chi connectivity index (χ4n) is 4.03. The number of benzene rings is 2. The number of carbonyl (C=O) groups excluding carboxylic acids is 2. The zero-order valence-electron chi connectivity index (χ0n) is 19.5. The second-order valence-corrected chi connectivity index (χ2v) is 8.15. The molecule has 0 heterocycles. The number of carbonyl (C=O) groups is 2. The molecule has 1 atom stereocenters. The maximum Gasteiger partial charge on any atom is 0.328 e. The molecule has 4 N–H and O–H groups in total. The molecule has 0 saturated carbocycles. The predicted molar refractivity (Wildman–Crippen MR) is 130 cm³/mol. The van der Waals surface area contributed by atoms with Crippen LogP contribution in [0, 0.1) is 0 Å². The normalized spacial score (nSPS) is 14.9. The van der Waals surface area contributed by atoms with E-state index in [0.717, 1.165) is 36.1 Å². The molecule has 0 saturated heterocycles. The van der Waals surface area contributed by atoms with E-state index in [-0.39, 0.29) is 23.6 Å². The number of nitrogens with one attached hydrogen (secondary N) is 2. The Kier molecular flexibility index (Phi) is 8.67. The van der Waals surface area contributed by atoms with Crippen LogP contribution in [0.2, 0.25) is 0 Å². The molecule has 0 bridgehead atoms. The van der Waals surface area contributed by atoms with Gasteiger partial charge in [-0.1, -0.05) is 36.4 Å². The zero-order valence-corrected chi connectivity index (χ0v) is 19.5. The molecule has 2 aromatic rings. The smallest absolute Gasteiger partial charge is 0.328 e. The quantitative estimate of drug-likeness (QED) is 0.257. The first-order valence-electron chi connectivity index (χ1n) is 11.3. The van der Waals surface area contributed by atoms with Crippen LogP contribution in [-0.4, -0.2) is 48.0 Å². The number of rotatable bonds is 9. The maximum atomic E-state index is 13.2. The van der Waals surface area contributed by atoms with Crippen molar-refractivity contribution in [3.8, 4) is 11.5 Å². The van der Waals surface area contributed by atoms with Crippen LogP contribution in [0.4, 0.5) is 0 Å². The average Bonchev–Trinajstić information content (AvgIpc) is 2.86. The molecule has 0 spiro atoms. The van der Waals surface area contributed by atoms with E-state index < -0.39 is 17.9 Å². The van der Waals surface area contributed by atoms with Crippen LogP contribution in [0.1, 0.15) is 36.8 Å². The molecule has 1 aliphatic rings. The van der Waals surface area contributed by atoms with Gasteiger partial charge in [-0.2, -0.15) is 0 Å². The van der Waals surface area contributed by atoms with E-state index in [2.05, 4.69) is 15.6 Å². The number of aromatic hydroxyl groups is 2. The maximum absolute atomic E-state index is 13.2. The highest BCUT2D eigenvalue weighted by molar-refractivity contribution is 6.45. The minimum Gasteiger partial charge on any atom is -0.504 e. The Balaban J connectivity index is 1.78. The van der Waals surface area contributed by atoms with Gasteiger partial charge < -0.3 is 25.6 Å². The van der Waals surface area contributed by atoms with Gasteiger partial charge in [-0.25, -0.2) is 4.79 Å². The summed E-state index contributed by atoms with van der Waals surface area (Å²) >= 11 is 0. The van der Waals surface area contributed by atoms with Crippen LogP contribution in [-0.2, 0) is 27.3 Å². The topological polar surface area (TPSA) is 120 Å². The first-order valence-corrected chi connectivity index (χ1v) is 11.3. The summed E-state index contributed by atoms with van der Waals surface area (Å²) in [4.78, 5) is 29.9. The molecule has 8 heteroatoms. The number of allylic oxidation sites excluding steroid dienone is 1. The van der Waals surface area contributed by atoms with Gasteiger partial charge >= 0.3 is 5.97 Å². The first kappa shape index (κ1) is 24.8. The third kappa shape index (κ3) is 6.37. The molecule has 1 aliphatic carbocycles. The summed E-state index contributed by atoms with van der Waals surface area (Å²) in [5.74, 6) is -1.64. The predicted octanol–water partition coefficient (Wildman–Crippen LogP) is 2.99. The van der Waals surface area contributed by atoms with Crippen molar-refractivity contribution in [1.82, 2.24) is 10.6 Å². The van der Waals surface area contributed by atoms with Crippen molar-refractivity contribution in [2.45, 2.75) is 44.7 Å². The highest BCUT2D eigenvalue weighted by Crippen LogP contribution is 2.26. The number of amides is 1. The fourth-order valence-corrected chi connectivity index (χ4v) is 4.03. The van der Waals surface area contributed by atoms with Gasteiger partial charge in [0.15, 0.2) is 11.5 Å².